The largest absolute Gasteiger partial charge is 0.495 e. The summed E-state index contributed by atoms with van der Waals surface area (Å²) in [4.78, 5) is 39.5. The number of methoxy groups -OCH3 is 1. The van der Waals surface area contributed by atoms with Crippen molar-refractivity contribution in [2.75, 3.05) is 12.0 Å². The molecule has 180 valence electrons. The molecule has 2 heterocycles. The number of ether oxygens (including phenoxy) is 1. The number of carbonyl (C=O) groups is 3. The molecule has 0 atom stereocenters. The maximum atomic E-state index is 13.3. The van der Waals surface area contributed by atoms with Crippen molar-refractivity contribution in [1.29, 1.82) is 0 Å². The Kier molecular flexibility index (Phi) is 5.86. The number of halogens is 1. The summed E-state index contributed by atoms with van der Waals surface area (Å²) < 4.78 is 7.21. The van der Waals surface area contributed by atoms with Gasteiger partial charge in [-0.25, -0.2) is 9.69 Å². The molecule has 0 spiro atoms. The fourth-order valence-electron chi connectivity index (χ4n) is 4.49. The van der Waals surface area contributed by atoms with Gasteiger partial charge in [0, 0.05) is 17.1 Å². The number of carbonyl (C=O) groups excluding carboxylic acids is 3. The van der Waals surface area contributed by atoms with Gasteiger partial charge in [0.25, 0.3) is 11.8 Å². The van der Waals surface area contributed by atoms with Crippen LogP contribution in [0.25, 0.3) is 22.5 Å². The molecule has 1 N–H and O–H groups in total. The number of barbiturate groups is 1. The van der Waals surface area contributed by atoms with Crippen LogP contribution < -0.4 is 15.0 Å². The van der Waals surface area contributed by atoms with Gasteiger partial charge in [-0.15, -0.1) is 0 Å². The molecule has 1 aliphatic heterocycles. The Balaban J connectivity index is 1.55. The highest BCUT2D eigenvalue weighted by atomic mass is 35.5. The summed E-state index contributed by atoms with van der Waals surface area (Å²) in [6, 6.07) is 19.9. The van der Waals surface area contributed by atoms with E-state index in [4.69, 9.17) is 16.3 Å². The molecule has 1 saturated heterocycles. The maximum absolute atomic E-state index is 13.3. The van der Waals surface area contributed by atoms with Gasteiger partial charge in [0.2, 0.25) is 0 Å². The highest BCUT2D eigenvalue weighted by Gasteiger charge is 2.37. The molecule has 0 unspecified atom stereocenters. The molecule has 1 aliphatic rings. The number of rotatable bonds is 4. The zero-order valence-electron chi connectivity index (χ0n) is 19.8. The molecule has 0 bridgehead atoms. The van der Waals surface area contributed by atoms with Crippen molar-refractivity contribution >= 4 is 52.0 Å². The van der Waals surface area contributed by atoms with Crippen molar-refractivity contribution in [2.45, 2.75) is 13.8 Å². The van der Waals surface area contributed by atoms with Crippen LogP contribution in [-0.2, 0) is 9.59 Å². The second kappa shape index (κ2) is 9.02. The molecule has 4 aromatic rings. The van der Waals surface area contributed by atoms with Crippen LogP contribution in [0, 0.1) is 13.8 Å². The van der Waals surface area contributed by atoms with Gasteiger partial charge >= 0.3 is 6.03 Å². The van der Waals surface area contributed by atoms with Crippen molar-refractivity contribution < 1.29 is 19.1 Å². The van der Waals surface area contributed by atoms with Crippen LogP contribution >= 0.6 is 11.6 Å². The third-order valence-corrected chi connectivity index (χ3v) is 6.55. The Labute approximate surface area is 212 Å². The Morgan fingerprint density at radius 2 is 1.61 bits per heavy atom. The number of nitrogens with zero attached hydrogens (tertiary/aromatic N) is 2. The number of hydrogen-bond donors (Lipinski definition) is 1. The molecule has 7 nitrogen and oxygen atoms in total. The first-order valence-electron chi connectivity index (χ1n) is 11.2. The van der Waals surface area contributed by atoms with Gasteiger partial charge in [0.1, 0.15) is 11.3 Å². The third kappa shape index (κ3) is 3.93. The number of aryl methyl sites for hydroxylation is 1. The highest BCUT2D eigenvalue weighted by molar-refractivity contribution is 6.39. The fourth-order valence-corrected chi connectivity index (χ4v) is 4.74. The zero-order valence-corrected chi connectivity index (χ0v) is 20.6. The lowest BCUT2D eigenvalue weighted by molar-refractivity contribution is -0.122. The Morgan fingerprint density at radius 1 is 0.889 bits per heavy atom. The van der Waals surface area contributed by atoms with Crippen LogP contribution in [0.2, 0.25) is 5.02 Å². The molecule has 8 heteroatoms. The van der Waals surface area contributed by atoms with E-state index >= 15 is 0 Å². The molecule has 0 aliphatic carbocycles. The van der Waals surface area contributed by atoms with Crippen molar-refractivity contribution in [2.24, 2.45) is 0 Å². The quantitative estimate of drug-likeness (QED) is 0.294. The molecule has 36 heavy (non-hydrogen) atoms. The lowest BCUT2D eigenvalue weighted by Crippen LogP contribution is -2.54. The van der Waals surface area contributed by atoms with Crippen molar-refractivity contribution in [3.05, 3.63) is 94.3 Å². The van der Waals surface area contributed by atoms with Gasteiger partial charge in [-0.2, -0.15) is 0 Å². The second-order valence-electron chi connectivity index (χ2n) is 8.47. The van der Waals surface area contributed by atoms with Gasteiger partial charge in [-0.1, -0.05) is 41.9 Å². The van der Waals surface area contributed by atoms with Gasteiger partial charge in [-0.05, 0) is 72.7 Å². The minimum absolute atomic E-state index is 0.152. The summed E-state index contributed by atoms with van der Waals surface area (Å²) in [6.07, 6.45) is 1.52. The third-order valence-electron chi connectivity index (χ3n) is 6.26. The smallest absolute Gasteiger partial charge is 0.335 e. The predicted octanol–water partition coefficient (Wildman–Crippen LogP) is 5.58. The molecular weight excluding hydrogens is 478 g/mol. The summed E-state index contributed by atoms with van der Waals surface area (Å²) in [6.45, 7) is 3.88. The highest BCUT2D eigenvalue weighted by Crippen LogP contribution is 2.32. The Hall–Kier alpha value is -4.36. The first-order valence-corrected chi connectivity index (χ1v) is 11.6. The molecule has 0 radical (unpaired) electrons. The summed E-state index contributed by atoms with van der Waals surface area (Å²) in [5.41, 5.74) is 3.53. The van der Waals surface area contributed by atoms with Crippen LogP contribution in [0.5, 0.6) is 5.75 Å². The van der Waals surface area contributed by atoms with Crippen molar-refractivity contribution in [1.82, 2.24) is 9.88 Å². The number of imide groups is 2. The molecule has 1 fully saturated rings. The monoisotopic (exact) mass is 499 g/mol. The van der Waals surface area contributed by atoms with Crippen molar-refractivity contribution in [3.63, 3.8) is 0 Å². The SMILES string of the molecule is COc1ccc(N2C(=O)NC(=O)/C(=C/c3cc(C)n(-c4ccc5ccccc5c4)c3C)C2=O)cc1Cl. The first-order chi connectivity index (χ1) is 17.3. The van der Waals surface area contributed by atoms with Crippen LogP contribution in [0.4, 0.5) is 10.5 Å². The van der Waals surface area contributed by atoms with E-state index in [-0.39, 0.29) is 16.3 Å². The molecular formula is C28H22ClN3O4. The number of amides is 4. The summed E-state index contributed by atoms with van der Waals surface area (Å²) in [5.74, 6) is -1.09. The summed E-state index contributed by atoms with van der Waals surface area (Å²) >= 11 is 6.20. The van der Waals surface area contributed by atoms with Crippen LogP contribution in [0.1, 0.15) is 17.0 Å². The number of anilines is 1. The minimum atomic E-state index is -0.843. The minimum Gasteiger partial charge on any atom is -0.495 e. The van der Waals surface area contributed by atoms with E-state index in [1.54, 1.807) is 6.07 Å². The maximum Gasteiger partial charge on any atom is 0.335 e. The van der Waals surface area contributed by atoms with Crippen LogP contribution in [0.15, 0.2) is 72.3 Å². The average molecular weight is 500 g/mol. The standard InChI is InChI=1S/C28H22ClN3O4/c1-16-12-20(17(2)31(16)21-9-8-18-6-4-5-7-19(18)13-21)14-23-26(33)30-28(35)32(27(23)34)22-10-11-25(36-3)24(29)15-22/h4-15H,1-3H3,(H,30,33,35)/b23-14-. The van der Waals surface area contributed by atoms with Crippen molar-refractivity contribution in [3.8, 4) is 11.4 Å². The predicted molar refractivity (Wildman–Crippen MR) is 140 cm³/mol. The average Bonchev–Trinajstić information content (AvgIpc) is 3.14. The van der Waals surface area contributed by atoms with Crippen LogP contribution in [-0.4, -0.2) is 29.5 Å². The number of fused-ring (bicyclic) bond motifs is 1. The number of nitrogens with one attached hydrogen (secondary N) is 1. The fraction of sp³-hybridized carbons (Fsp3) is 0.107. The zero-order chi connectivity index (χ0) is 25.6. The molecule has 4 amide bonds. The molecule has 0 saturated carbocycles. The Bertz CT molecular complexity index is 1600. The van der Waals surface area contributed by atoms with Gasteiger partial charge < -0.3 is 9.30 Å². The van der Waals surface area contributed by atoms with E-state index in [0.29, 0.717) is 11.3 Å². The van der Waals surface area contributed by atoms with E-state index in [0.717, 1.165) is 32.7 Å². The van der Waals surface area contributed by atoms with Gasteiger partial charge in [0.15, 0.2) is 0 Å². The summed E-state index contributed by atoms with van der Waals surface area (Å²) in [7, 11) is 1.47. The van der Waals surface area contributed by atoms with Crippen LogP contribution in [0.3, 0.4) is 0 Å². The number of aromatic nitrogens is 1. The number of hydrogen-bond acceptors (Lipinski definition) is 4. The molecule has 1 aromatic heterocycles. The lowest BCUT2D eigenvalue weighted by Gasteiger charge is -2.26. The van der Waals surface area contributed by atoms with E-state index in [1.165, 1.54) is 25.3 Å². The number of urea groups is 1. The number of benzene rings is 3. The van der Waals surface area contributed by atoms with Gasteiger partial charge in [0.05, 0.1) is 17.8 Å². The second-order valence-corrected chi connectivity index (χ2v) is 8.88. The summed E-state index contributed by atoms with van der Waals surface area (Å²) in [5, 5.41) is 4.73. The van der Waals surface area contributed by atoms with E-state index < -0.39 is 17.8 Å². The molecule has 5 rings (SSSR count). The normalized spacial score (nSPS) is 15.1. The Morgan fingerprint density at radius 3 is 2.33 bits per heavy atom. The lowest BCUT2D eigenvalue weighted by atomic mass is 10.1. The van der Waals surface area contributed by atoms with E-state index in [9.17, 15) is 14.4 Å². The van der Waals surface area contributed by atoms with Gasteiger partial charge in [-0.3, -0.25) is 14.9 Å². The topological polar surface area (TPSA) is 80.6 Å². The molecule has 3 aromatic carbocycles. The first kappa shape index (κ1) is 23.4. The van der Waals surface area contributed by atoms with E-state index in [1.807, 2.05) is 38.1 Å². The van der Waals surface area contributed by atoms with E-state index in [2.05, 4.69) is 34.1 Å².